The highest BCUT2D eigenvalue weighted by atomic mass is 16.5. The van der Waals surface area contributed by atoms with E-state index in [9.17, 15) is 0 Å². The SMILES string of the molecule is CCC(C)(CN)c1nc(N(C)C)no1. The van der Waals surface area contributed by atoms with Gasteiger partial charge in [0.05, 0.1) is 5.41 Å². The number of anilines is 1. The molecule has 1 unspecified atom stereocenters. The zero-order valence-electron chi connectivity index (χ0n) is 9.24. The molecule has 0 aliphatic rings. The Morgan fingerprint density at radius 2 is 2.14 bits per heavy atom. The lowest BCUT2D eigenvalue weighted by atomic mass is 9.88. The van der Waals surface area contributed by atoms with Gasteiger partial charge in [-0.3, -0.25) is 0 Å². The van der Waals surface area contributed by atoms with Crippen molar-refractivity contribution in [2.24, 2.45) is 5.73 Å². The molecular formula is C9H18N4O. The third-order valence-electron chi connectivity index (χ3n) is 2.56. The van der Waals surface area contributed by atoms with Crippen LogP contribution in [0.3, 0.4) is 0 Å². The van der Waals surface area contributed by atoms with Crippen LogP contribution in [0.4, 0.5) is 5.95 Å². The number of nitrogens with two attached hydrogens (primary N) is 1. The predicted molar refractivity (Wildman–Crippen MR) is 55.3 cm³/mol. The maximum atomic E-state index is 5.69. The van der Waals surface area contributed by atoms with E-state index in [2.05, 4.69) is 17.1 Å². The van der Waals surface area contributed by atoms with E-state index in [1.807, 2.05) is 21.0 Å². The molecule has 0 bridgehead atoms. The molecule has 1 aromatic heterocycles. The number of aromatic nitrogens is 2. The molecule has 1 heterocycles. The number of hydrogen-bond acceptors (Lipinski definition) is 5. The molecule has 1 atom stereocenters. The van der Waals surface area contributed by atoms with Crippen LogP contribution in [0.25, 0.3) is 0 Å². The number of hydrogen-bond donors (Lipinski definition) is 1. The molecule has 0 aromatic carbocycles. The van der Waals surface area contributed by atoms with Crippen LogP contribution < -0.4 is 10.6 Å². The highest BCUT2D eigenvalue weighted by molar-refractivity contribution is 5.25. The fraction of sp³-hybridized carbons (Fsp3) is 0.778. The Hall–Kier alpha value is -1.10. The minimum atomic E-state index is -0.207. The normalized spacial score (nSPS) is 15.2. The summed E-state index contributed by atoms with van der Waals surface area (Å²) in [5.41, 5.74) is 5.49. The molecule has 0 aliphatic carbocycles. The number of nitrogens with zero attached hydrogens (tertiary/aromatic N) is 3. The largest absolute Gasteiger partial charge is 0.344 e. The molecule has 14 heavy (non-hydrogen) atoms. The summed E-state index contributed by atoms with van der Waals surface area (Å²) in [6.45, 7) is 4.60. The second kappa shape index (κ2) is 3.96. The van der Waals surface area contributed by atoms with E-state index < -0.39 is 0 Å². The molecule has 0 saturated heterocycles. The van der Waals surface area contributed by atoms with Gasteiger partial charge in [-0.05, 0) is 18.5 Å². The maximum Gasteiger partial charge on any atom is 0.265 e. The summed E-state index contributed by atoms with van der Waals surface area (Å²) in [4.78, 5) is 6.10. The van der Waals surface area contributed by atoms with Crippen molar-refractivity contribution in [2.75, 3.05) is 25.5 Å². The molecule has 1 rings (SSSR count). The van der Waals surface area contributed by atoms with Gasteiger partial charge >= 0.3 is 0 Å². The monoisotopic (exact) mass is 198 g/mol. The van der Waals surface area contributed by atoms with E-state index in [-0.39, 0.29) is 5.41 Å². The van der Waals surface area contributed by atoms with E-state index in [1.165, 1.54) is 0 Å². The van der Waals surface area contributed by atoms with Crippen LogP contribution in [-0.2, 0) is 5.41 Å². The Labute approximate surface area is 84.3 Å². The van der Waals surface area contributed by atoms with Gasteiger partial charge in [0.15, 0.2) is 0 Å². The molecule has 0 aliphatic heterocycles. The molecule has 2 N–H and O–H groups in total. The van der Waals surface area contributed by atoms with Crippen molar-refractivity contribution in [3.63, 3.8) is 0 Å². The third-order valence-corrected chi connectivity index (χ3v) is 2.56. The summed E-state index contributed by atoms with van der Waals surface area (Å²) in [5, 5.41) is 3.86. The van der Waals surface area contributed by atoms with Gasteiger partial charge in [0.1, 0.15) is 0 Å². The van der Waals surface area contributed by atoms with Gasteiger partial charge in [-0.15, -0.1) is 0 Å². The summed E-state index contributed by atoms with van der Waals surface area (Å²) < 4.78 is 5.19. The topological polar surface area (TPSA) is 68.2 Å². The van der Waals surface area contributed by atoms with Gasteiger partial charge in [0, 0.05) is 20.6 Å². The maximum absolute atomic E-state index is 5.69. The second-order valence-electron chi connectivity index (χ2n) is 3.91. The van der Waals surface area contributed by atoms with Crippen molar-refractivity contribution in [1.29, 1.82) is 0 Å². The highest BCUT2D eigenvalue weighted by Gasteiger charge is 2.29. The fourth-order valence-electron chi connectivity index (χ4n) is 1.03. The molecule has 0 saturated carbocycles. The quantitative estimate of drug-likeness (QED) is 0.773. The predicted octanol–water partition coefficient (Wildman–Crippen LogP) is 0.762. The average Bonchev–Trinajstić information content (AvgIpc) is 2.66. The molecule has 0 amide bonds. The number of rotatable bonds is 4. The third kappa shape index (κ3) is 1.87. The zero-order valence-corrected chi connectivity index (χ0v) is 9.24. The van der Waals surface area contributed by atoms with Crippen molar-refractivity contribution in [3.05, 3.63) is 5.89 Å². The molecule has 0 spiro atoms. The van der Waals surface area contributed by atoms with Crippen LogP contribution in [0, 0.1) is 0 Å². The van der Waals surface area contributed by atoms with E-state index in [1.54, 1.807) is 4.90 Å². The standard InChI is InChI=1S/C9H18N4O/c1-5-9(2,6-10)7-11-8(12-14-7)13(3)4/h5-6,10H2,1-4H3. The van der Waals surface area contributed by atoms with Gasteiger partial charge in [-0.1, -0.05) is 6.92 Å². The first-order valence-electron chi connectivity index (χ1n) is 4.75. The Morgan fingerprint density at radius 1 is 1.50 bits per heavy atom. The van der Waals surface area contributed by atoms with Crippen molar-refractivity contribution in [2.45, 2.75) is 25.7 Å². The molecule has 80 valence electrons. The fourth-order valence-corrected chi connectivity index (χ4v) is 1.03. The lowest BCUT2D eigenvalue weighted by Crippen LogP contribution is -2.31. The van der Waals surface area contributed by atoms with Crippen LogP contribution in [0.2, 0.25) is 0 Å². The van der Waals surface area contributed by atoms with Gasteiger partial charge < -0.3 is 15.2 Å². The molecule has 0 fully saturated rings. The Balaban J connectivity index is 2.95. The van der Waals surface area contributed by atoms with E-state index >= 15 is 0 Å². The lowest BCUT2D eigenvalue weighted by molar-refractivity contribution is 0.290. The van der Waals surface area contributed by atoms with Gasteiger partial charge in [-0.25, -0.2) is 0 Å². The molecule has 1 aromatic rings. The molecule has 5 heteroatoms. The van der Waals surface area contributed by atoms with E-state index in [0.29, 0.717) is 18.4 Å². The first-order chi connectivity index (χ1) is 6.53. The average molecular weight is 198 g/mol. The van der Waals surface area contributed by atoms with Crippen LogP contribution in [-0.4, -0.2) is 30.8 Å². The summed E-state index contributed by atoms with van der Waals surface area (Å²) in [6.07, 6.45) is 0.887. The van der Waals surface area contributed by atoms with E-state index in [0.717, 1.165) is 6.42 Å². The second-order valence-corrected chi connectivity index (χ2v) is 3.91. The van der Waals surface area contributed by atoms with Crippen LogP contribution in [0.1, 0.15) is 26.2 Å². The molecule has 0 radical (unpaired) electrons. The van der Waals surface area contributed by atoms with E-state index in [4.69, 9.17) is 10.3 Å². The van der Waals surface area contributed by atoms with Crippen molar-refractivity contribution in [1.82, 2.24) is 10.1 Å². The Kier molecular flexibility index (Phi) is 3.10. The van der Waals surface area contributed by atoms with Crippen molar-refractivity contribution < 1.29 is 4.52 Å². The van der Waals surface area contributed by atoms with Crippen molar-refractivity contribution >= 4 is 5.95 Å². The minimum Gasteiger partial charge on any atom is -0.344 e. The zero-order chi connectivity index (χ0) is 10.8. The molecule has 5 nitrogen and oxygen atoms in total. The Morgan fingerprint density at radius 3 is 2.50 bits per heavy atom. The van der Waals surface area contributed by atoms with Crippen LogP contribution in [0.15, 0.2) is 4.52 Å². The lowest BCUT2D eigenvalue weighted by Gasteiger charge is -2.20. The summed E-state index contributed by atoms with van der Waals surface area (Å²) in [7, 11) is 3.75. The van der Waals surface area contributed by atoms with Crippen molar-refractivity contribution in [3.8, 4) is 0 Å². The summed E-state index contributed by atoms with van der Waals surface area (Å²) in [5.74, 6) is 1.21. The van der Waals surface area contributed by atoms with Crippen LogP contribution in [0.5, 0.6) is 0 Å². The Bertz CT molecular complexity index is 291. The first kappa shape index (κ1) is 11.0. The first-order valence-corrected chi connectivity index (χ1v) is 4.75. The minimum absolute atomic E-state index is 0.207. The summed E-state index contributed by atoms with van der Waals surface area (Å²) >= 11 is 0. The van der Waals surface area contributed by atoms with Gasteiger partial charge in [0.2, 0.25) is 5.89 Å². The smallest absolute Gasteiger partial charge is 0.265 e. The van der Waals surface area contributed by atoms with Gasteiger partial charge in [-0.2, -0.15) is 4.98 Å². The van der Waals surface area contributed by atoms with Crippen LogP contribution >= 0.6 is 0 Å². The highest BCUT2D eigenvalue weighted by Crippen LogP contribution is 2.25. The van der Waals surface area contributed by atoms with Gasteiger partial charge in [0.25, 0.3) is 5.95 Å². The molecular weight excluding hydrogens is 180 g/mol. The summed E-state index contributed by atoms with van der Waals surface area (Å²) in [6, 6.07) is 0.